The van der Waals surface area contributed by atoms with E-state index in [1.54, 1.807) is 46.4 Å². The molecule has 0 aliphatic rings. The molecule has 0 bridgehead atoms. The van der Waals surface area contributed by atoms with Gasteiger partial charge in [0.05, 0.1) is 11.4 Å². The number of nitrogen functional groups attached to an aromatic ring is 1. The Labute approximate surface area is 119 Å². The molecule has 0 spiro atoms. The van der Waals surface area contributed by atoms with Crippen LogP contribution >= 0.6 is 0 Å². The lowest BCUT2D eigenvalue weighted by molar-refractivity contribution is -0.128. The van der Waals surface area contributed by atoms with E-state index < -0.39 is 0 Å². The summed E-state index contributed by atoms with van der Waals surface area (Å²) in [6.45, 7) is 0.473. The lowest BCUT2D eigenvalue weighted by Gasteiger charge is -2.15. The van der Waals surface area contributed by atoms with E-state index in [0.717, 1.165) is 0 Å². The molecule has 1 aromatic carbocycles. The summed E-state index contributed by atoms with van der Waals surface area (Å²) in [6, 6.07) is 5.08. The standard InChI is InChI=1S/C14H22N4O2/c1-17(2)13(19)7-8-16-12-9-10(5-6-11(12)15)14(20)18(3)4/h5-6,9,16H,7-8,15H2,1-4H3. The number of carbonyl (C=O) groups excluding carboxylic acids is 2. The monoisotopic (exact) mass is 278 g/mol. The fraction of sp³-hybridized carbons (Fsp3) is 0.429. The molecule has 2 amide bonds. The highest BCUT2D eigenvalue weighted by atomic mass is 16.2. The highest BCUT2D eigenvalue weighted by molar-refractivity contribution is 5.95. The molecule has 0 saturated heterocycles. The van der Waals surface area contributed by atoms with Crippen LogP contribution in [0.2, 0.25) is 0 Å². The second-order valence-corrected chi connectivity index (χ2v) is 4.97. The second-order valence-electron chi connectivity index (χ2n) is 4.97. The van der Waals surface area contributed by atoms with Gasteiger partial charge in [0.2, 0.25) is 5.91 Å². The quantitative estimate of drug-likeness (QED) is 0.783. The lowest BCUT2D eigenvalue weighted by Crippen LogP contribution is -2.24. The third-order valence-corrected chi connectivity index (χ3v) is 2.86. The number of benzene rings is 1. The van der Waals surface area contributed by atoms with Gasteiger partial charge in [-0.25, -0.2) is 0 Å². The molecule has 0 unspecified atom stereocenters. The third-order valence-electron chi connectivity index (χ3n) is 2.86. The topological polar surface area (TPSA) is 78.7 Å². The zero-order chi connectivity index (χ0) is 15.3. The molecule has 0 radical (unpaired) electrons. The van der Waals surface area contributed by atoms with Crippen LogP contribution in [0.1, 0.15) is 16.8 Å². The first kappa shape index (κ1) is 15.8. The zero-order valence-corrected chi connectivity index (χ0v) is 12.4. The van der Waals surface area contributed by atoms with E-state index in [0.29, 0.717) is 29.9 Å². The smallest absolute Gasteiger partial charge is 0.253 e. The van der Waals surface area contributed by atoms with Crippen molar-refractivity contribution in [1.82, 2.24) is 9.80 Å². The van der Waals surface area contributed by atoms with E-state index in [2.05, 4.69) is 5.32 Å². The maximum Gasteiger partial charge on any atom is 0.253 e. The van der Waals surface area contributed by atoms with E-state index in [-0.39, 0.29) is 11.8 Å². The predicted octanol–water partition coefficient (Wildman–Crippen LogP) is 0.861. The number of anilines is 2. The highest BCUT2D eigenvalue weighted by Gasteiger charge is 2.10. The maximum absolute atomic E-state index is 11.9. The van der Waals surface area contributed by atoms with E-state index in [1.165, 1.54) is 9.80 Å². The van der Waals surface area contributed by atoms with Crippen LogP contribution in [0.4, 0.5) is 11.4 Å². The molecule has 0 aliphatic carbocycles. The lowest BCUT2D eigenvalue weighted by atomic mass is 10.1. The number of hydrogen-bond donors (Lipinski definition) is 2. The predicted molar refractivity (Wildman–Crippen MR) is 80.7 cm³/mol. The van der Waals surface area contributed by atoms with Gasteiger partial charge in [0.25, 0.3) is 5.91 Å². The van der Waals surface area contributed by atoms with Crippen molar-refractivity contribution in [3.63, 3.8) is 0 Å². The number of nitrogens with one attached hydrogen (secondary N) is 1. The Balaban J connectivity index is 2.72. The zero-order valence-electron chi connectivity index (χ0n) is 12.4. The summed E-state index contributed by atoms with van der Waals surface area (Å²) in [5, 5.41) is 3.09. The molecule has 0 heterocycles. The normalized spacial score (nSPS) is 10.0. The van der Waals surface area contributed by atoms with Crippen LogP contribution in [-0.4, -0.2) is 56.3 Å². The molecule has 0 atom stereocenters. The number of rotatable bonds is 5. The molecule has 0 fully saturated rings. The van der Waals surface area contributed by atoms with Gasteiger partial charge in [-0.15, -0.1) is 0 Å². The van der Waals surface area contributed by atoms with Gasteiger partial charge in [-0.3, -0.25) is 9.59 Å². The fourth-order valence-corrected chi connectivity index (χ4v) is 1.63. The SMILES string of the molecule is CN(C)C(=O)CCNc1cc(C(=O)N(C)C)ccc1N. The molecule has 6 nitrogen and oxygen atoms in total. The van der Waals surface area contributed by atoms with Crippen LogP contribution in [-0.2, 0) is 4.79 Å². The summed E-state index contributed by atoms with van der Waals surface area (Å²) in [5.74, 6) is -0.0472. The summed E-state index contributed by atoms with van der Waals surface area (Å²) >= 11 is 0. The largest absolute Gasteiger partial charge is 0.397 e. The van der Waals surface area contributed by atoms with Crippen LogP contribution in [0.3, 0.4) is 0 Å². The molecule has 3 N–H and O–H groups in total. The number of carbonyl (C=O) groups is 2. The van der Waals surface area contributed by atoms with Crippen molar-refractivity contribution >= 4 is 23.2 Å². The van der Waals surface area contributed by atoms with Gasteiger partial charge in [0.15, 0.2) is 0 Å². The number of hydrogen-bond acceptors (Lipinski definition) is 4. The molecule has 1 rings (SSSR count). The minimum atomic E-state index is -0.0857. The molecule has 0 aliphatic heterocycles. The summed E-state index contributed by atoms with van der Waals surface area (Å²) in [6.07, 6.45) is 0.373. The average molecular weight is 278 g/mol. The minimum Gasteiger partial charge on any atom is -0.397 e. The molecule has 110 valence electrons. The van der Waals surface area contributed by atoms with Gasteiger partial charge in [-0.2, -0.15) is 0 Å². The van der Waals surface area contributed by atoms with Crippen LogP contribution < -0.4 is 11.1 Å². The van der Waals surface area contributed by atoms with Crippen molar-refractivity contribution in [2.75, 3.05) is 45.8 Å². The van der Waals surface area contributed by atoms with E-state index in [1.807, 2.05) is 0 Å². The Morgan fingerprint density at radius 3 is 2.35 bits per heavy atom. The van der Waals surface area contributed by atoms with Crippen molar-refractivity contribution in [2.45, 2.75) is 6.42 Å². The Hall–Kier alpha value is -2.24. The number of amides is 2. The first-order valence-electron chi connectivity index (χ1n) is 6.38. The molecule has 0 aromatic heterocycles. The van der Waals surface area contributed by atoms with Crippen LogP contribution in [0.15, 0.2) is 18.2 Å². The minimum absolute atomic E-state index is 0.0385. The van der Waals surface area contributed by atoms with Crippen molar-refractivity contribution in [3.8, 4) is 0 Å². The Kier molecular flexibility index (Phi) is 5.37. The molecule has 1 aromatic rings. The first-order valence-corrected chi connectivity index (χ1v) is 6.38. The van der Waals surface area contributed by atoms with Gasteiger partial charge >= 0.3 is 0 Å². The van der Waals surface area contributed by atoms with Gasteiger partial charge in [0.1, 0.15) is 0 Å². The molecular formula is C14H22N4O2. The van der Waals surface area contributed by atoms with E-state index in [9.17, 15) is 9.59 Å². The van der Waals surface area contributed by atoms with Crippen LogP contribution in [0, 0.1) is 0 Å². The Bertz CT molecular complexity index is 498. The van der Waals surface area contributed by atoms with E-state index in [4.69, 9.17) is 5.73 Å². The van der Waals surface area contributed by atoms with Crippen molar-refractivity contribution in [2.24, 2.45) is 0 Å². The maximum atomic E-state index is 11.9. The second kappa shape index (κ2) is 6.79. The van der Waals surface area contributed by atoms with Crippen LogP contribution in [0.25, 0.3) is 0 Å². The van der Waals surface area contributed by atoms with E-state index >= 15 is 0 Å². The van der Waals surface area contributed by atoms with Gasteiger partial charge < -0.3 is 20.9 Å². The number of nitrogens with two attached hydrogens (primary N) is 1. The third kappa shape index (κ3) is 4.15. The van der Waals surface area contributed by atoms with Gasteiger partial charge in [0, 0.05) is 46.7 Å². The molecule has 0 saturated carbocycles. The molecule has 6 heteroatoms. The summed E-state index contributed by atoms with van der Waals surface area (Å²) in [7, 11) is 6.82. The van der Waals surface area contributed by atoms with Gasteiger partial charge in [-0.1, -0.05) is 0 Å². The van der Waals surface area contributed by atoms with Gasteiger partial charge in [-0.05, 0) is 18.2 Å². The average Bonchev–Trinajstić information content (AvgIpc) is 2.39. The molecule has 20 heavy (non-hydrogen) atoms. The van der Waals surface area contributed by atoms with Crippen molar-refractivity contribution in [3.05, 3.63) is 23.8 Å². The summed E-state index contributed by atoms with van der Waals surface area (Å²) in [4.78, 5) is 26.4. The van der Waals surface area contributed by atoms with Crippen molar-refractivity contribution in [1.29, 1.82) is 0 Å². The van der Waals surface area contributed by atoms with Crippen molar-refractivity contribution < 1.29 is 9.59 Å². The Morgan fingerprint density at radius 1 is 1.15 bits per heavy atom. The number of nitrogens with zero attached hydrogens (tertiary/aromatic N) is 2. The first-order chi connectivity index (χ1) is 9.32. The Morgan fingerprint density at radius 2 is 1.80 bits per heavy atom. The van der Waals surface area contributed by atoms with Crippen LogP contribution in [0.5, 0.6) is 0 Å². The fourth-order valence-electron chi connectivity index (χ4n) is 1.63. The highest BCUT2D eigenvalue weighted by Crippen LogP contribution is 2.20. The molecular weight excluding hydrogens is 256 g/mol. The summed E-state index contributed by atoms with van der Waals surface area (Å²) in [5.41, 5.74) is 7.64. The summed E-state index contributed by atoms with van der Waals surface area (Å²) < 4.78 is 0.